The van der Waals surface area contributed by atoms with Gasteiger partial charge in [0.1, 0.15) is 10.7 Å². The van der Waals surface area contributed by atoms with Gasteiger partial charge in [-0.05, 0) is 50.1 Å². The molecule has 0 saturated carbocycles. The molecule has 32 heavy (non-hydrogen) atoms. The Morgan fingerprint density at radius 3 is 2.53 bits per heavy atom. The van der Waals surface area contributed by atoms with E-state index in [1.807, 2.05) is 18.2 Å². The van der Waals surface area contributed by atoms with Crippen LogP contribution in [0.2, 0.25) is 0 Å². The van der Waals surface area contributed by atoms with E-state index < -0.39 is 32.8 Å². The van der Waals surface area contributed by atoms with Gasteiger partial charge < -0.3 is 9.15 Å². The number of aromatic nitrogens is 2. The molecule has 1 aromatic heterocycles. The summed E-state index contributed by atoms with van der Waals surface area (Å²) >= 11 is 0. The van der Waals surface area contributed by atoms with Crippen molar-refractivity contribution in [2.24, 2.45) is 0 Å². The average Bonchev–Trinajstić information content (AvgIpc) is 3.31. The minimum Gasteiger partial charge on any atom is -0.449 e. The molecular weight excluding hydrogens is 437 g/mol. The summed E-state index contributed by atoms with van der Waals surface area (Å²) in [5.41, 5.74) is 0.632. The van der Waals surface area contributed by atoms with Crippen molar-refractivity contribution in [1.29, 1.82) is 0 Å². The fraction of sp³-hybridized carbons (Fsp3) is 0.318. The standard InChI is InChI=1S/C22H22FN3O5S/c1-15(20-24-25-21(31-20)16-8-4-2-5-9-16)30-22(27)17-10-11-18(23)19(14-17)32(28,29)26-12-6-3-7-13-26/h2,4-5,8-11,14-15H,3,6-7,12-13H2,1H3/t15-/m1/s1. The van der Waals surface area contributed by atoms with Crippen LogP contribution in [0.5, 0.6) is 0 Å². The second-order valence-corrected chi connectivity index (χ2v) is 9.38. The minimum absolute atomic E-state index is 0.0838. The molecule has 10 heteroatoms. The highest BCUT2D eigenvalue weighted by Crippen LogP contribution is 2.26. The summed E-state index contributed by atoms with van der Waals surface area (Å²) in [4.78, 5) is 12.1. The number of ether oxygens (including phenoxy) is 1. The molecule has 1 atom stereocenters. The van der Waals surface area contributed by atoms with Crippen LogP contribution in [-0.4, -0.2) is 42.0 Å². The molecule has 1 aliphatic rings. The molecule has 0 spiro atoms. The molecule has 2 heterocycles. The molecule has 0 amide bonds. The second-order valence-electron chi connectivity index (χ2n) is 7.47. The van der Waals surface area contributed by atoms with Crippen molar-refractivity contribution in [3.63, 3.8) is 0 Å². The molecule has 1 saturated heterocycles. The number of rotatable bonds is 6. The number of hydrogen-bond acceptors (Lipinski definition) is 7. The van der Waals surface area contributed by atoms with Crippen LogP contribution >= 0.6 is 0 Å². The minimum atomic E-state index is -4.05. The molecule has 0 unspecified atom stereocenters. The molecule has 0 aliphatic carbocycles. The Balaban J connectivity index is 1.51. The predicted molar refractivity (Wildman–Crippen MR) is 113 cm³/mol. The lowest BCUT2D eigenvalue weighted by molar-refractivity contribution is 0.0279. The second kappa shape index (κ2) is 9.17. The van der Waals surface area contributed by atoms with Crippen molar-refractivity contribution in [2.45, 2.75) is 37.2 Å². The Bertz CT molecular complexity index is 1210. The number of carbonyl (C=O) groups is 1. The Hall–Kier alpha value is -3.11. The smallest absolute Gasteiger partial charge is 0.338 e. The van der Waals surface area contributed by atoms with Crippen LogP contribution in [0, 0.1) is 5.82 Å². The van der Waals surface area contributed by atoms with E-state index in [0.717, 1.165) is 37.0 Å². The van der Waals surface area contributed by atoms with Crippen LogP contribution in [0.4, 0.5) is 4.39 Å². The zero-order valence-corrected chi connectivity index (χ0v) is 18.2. The van der Waals surface area contributed by atoms with Gasteiger partial charge in [0.25, 0.3) is 5.89 Å². The summed E-state index contributed by atoms with van der Waals surface area (Å²) in [5, 5.41) is 7.87. The predicted octanol–water partition coefficient (Wildman–Crippen LogP) is 3.97. The van der Waals surface area contributed by atoms with Crippen LogP contribution in [-0.2, 0) is 14.8 Å². The van der Waals surface area contributed by atoms with E-state index in [1.165, 1.54) is 10.4 Å². The first-order valence-corrected chi connectivity index (χ1v) is 11.7. The van der Waals surface area contributed by atoms with E-state index in [0.29, 0.717) is 13.1 Å². The van der Waals surface area contributed by atoms with Gasteiger partial charge in [0.15, 0.2) is 6.10 Å². The highest BCUT2D eigenvalue weighted by Gasteiger charge is 2.30. The average molecular weight is 459 g/mol. The summed E-state index contributed by atoms with van der Waals surface area (Å²) < 4.78 is 52.3. The lowest BCUT2D eigenvalue weighted by Crippen LogP contribution is -2.36. The van der Waals surface area contributed by atoms with Crippen molar-refractivity contribution in [3.8, 4) is 11.5 Å². The molecule has 2 aromatic carbocycles. The first-order valence-electron chi connectivity index (χ1n) is 10.3. The van der Waals surface area contributed by atoms with Crippen molar-refractivity contribution in [3.05, 3.63) is 65.8 Å². The third kappa shape index (κ3) is 4.56. The molecule has 168 valence electrons. The van der Waals surface area contributed by atoms with Crippen LogP contribution in [0.3, 0.4) is 0 Å². The number of carbonyl (C=O) groups excluding carboxylic acids is 1. The monoisotopic (exact) mass is 459 g/mol. The van der Waals surface area contributed by atoms with Gasteiger partial charge in [-0.25, -0.2) is 17.6 Å². The van der Waals surface area contributed by atoms with Crippen molar-refractivity contribution in [2.75, 3.05) is 13.1 Å². The summed E-state index contributed by atoms with van der Waals surface area (Å²) in [5.74, 6) is -1.38. The summed E-state index contributed by atoms with van der Waals surface area (Å²) in [7, 11) is -4.05. The van der Waals surface area contributed by atoms with E-state index in [4.69, 9.17) is 9.15 Å². The normalized spacial score (nSPS) is 15.9. The Labute approximate surface area is 185 Å². The lowest BCUT2D eigenvalue weighted by atomic mass is 10.2. The lowest BCUT2D eigenvalue weighted by Gasteiger charge is -2.26. The number of hydrogen-bond donors (Lipinski definition) is 0. The Morgan fingerprint density at radius 1 is 1.09 bits per heavy atom. The number of nitrogens with zero attached hydrogens (tertiary/aromatic N) is 3. The van der Waals surface area contributed by atoms with Gasteiger partial charge in [-0.3, -0.25) is 0 Å². The fourth-order valence-corrected chi connectivity index (χ4v) is 5.06. The highest BCUT2D eigenvalue weighted by atomic mass is 32.2. The fourth-order valence-electron chi connectivity index (χ4n) is 3.45. The van der Waals surface area contributed by atoms with E-state index in [-0.39, 0.29) is 17.3 Å². The molecule has 8 nitrogen and oxygen atoms in total. The Kier molecular flexibility index (Phi) is 6.33. The summed E-state index contributed by atoms with van der Waals surface area (Å²) in [6, 6.07) is 12.3. The van der Waals surface area contributed by atoms with E-state index in [9.17, 15) is 17.6 Å². The van der Waals surface area contributed by atoms with Gasteiger partial charge in [0, 0.05) is 18.7 Å². The number of piperidine rings is 1. The Morgan fingerprint density at radius 2 is 1.81 bits per heavy atom. The number of benzene rings is 2. The zero-order valence-electron chi connectivity index (χ0n) is 17.4. The summed E-state index contributed by atoms with van der Waals surface area (Å²) in [6.45, 7) is 2.21. The van der Waals surface area contributed by atoms with Gasteiger partial charge >= 0.3 is 5.97 Å². The molecule has 1 fully saturated rings. The van der Waals surface area contributed by atoms with Gasteiger partial charge in [-0.15, -0.1) is 10.2 Å². The molecule has 0 radical (unpaired) electrons. The van der Waals surface area contributed by atoms with Gasteiger partial charge in [-0.1, -0.05) is 24.6 Å². The number of esters is 1. The molecule has 3 aromatic rings. The van der Waals surface area contributed by atoms with Crippen LogP contribution < -0.4 is 0 Å². The molecule has 0 N–H and O–H groups in total. The van der Waals surface area contributed by atoms with E-state index in [2.05, 4.69) is 10.2 Å². The van der Waals surface area contributed by atoms with Gasteiger partial charge in [-0.2, -0.15) is 4.31 Å². The first-order chi connectivity index (χ1) is 15.4. The van der Waals surface area contributed by atoms with Crippen molar-refractivity contribution >= 4 is 16.0 Å². The maximum absolute atomic E-state index is 14.4. The van der Waals surface area contributed by atoms with E-state index >= 15 is 0 Å². The third-order valence-electron chi connectivity index (χ3n) is 5.19. The first kappa shape index (κ1) is 22.1. The van der Waals surface area contributed by atoms with Crippen molar-refractivity contribution < 1.29 is 26.8 Å². The largest absolute Gasteiger partial charge is 0.449 e. The van der Waals surface area contributed by atoms with Crippen LogP contribution in [0.25, 0.3) is 11.5 Å². The van der Waals surface area contributed by atoms with Crippen LogP contribution in [0.15, 0.2) is 57.8 Å². The maximum atomic E-state index is 14.4. The highest BCUT2D eigenvalue weighted by molar-refractivity contribution is 7.89. The molecule has 4 rings (SSSR count). The molecule has 0 bridgehead atoms. The zero-order chi connectivity index (χ0) is 22.7. The number of halogens is 1. The molecular formula is C22H22FN3O5S. The van der Waals surface area contributed by atoms with Crippen molar-refractivity contribution in [1.82, 2.24) is 14.5 Å². The SMILES string of the molecule is C[C@@H](OC(=O)c1ccc(F)c(S(=O)(=O)N2CCCCC2)c1)c1nnc(-c2ccccc2)o1. The number of sulfonamides is 1. The van der Waals surface area contributed by atoms with Gasteiger partial charge in [0.05, 0.1) is 5.56 Å². The maximum Gasteiger partial charge on any atom is 0.338 e. The quantitative estimate of drug-likeness (QED) is 0.514. The third-order valence-corrected chi connectivity index (χ3v) is 7.11. The van der Waals surface area contributed by atoms with Gasteiger partial charge in [0.2, 0.25) is 15.9 Å². The molecule has 1 aliphatic heterocycles. The topological polar surface area (TPSA) is 103 Å². The van der Waals surface area contributed by atoms with Crippen LogP contribution in [0.1, 0.15) is 48.5 Å². The summed E-state index contributed by atoms with van der Waals surface area (Å²) in [6.07, 6.45) is 1.48. The van der Waals surface area contributed by atoms with E-state index in [1.54, 1.807) is 19.1 Å².